The third kappa shape index (κ3) is 2.48. The lowest BCUT2D eigenvalue weighted by molar-refractivity contribution is -0.123. The first-order valence-electron chi connectivity index (χ1n) is 8.21. The molecule has 0 unspecified atom stereocenters. The average molecular weight is 289 g/mol. The van der Waals surface area contributed by atoms with Gasteiger partial charge in [0.2, 0.25) is 5.91 Å². The summed E-state index contributed by atoms with van der Waals surface area (Å²) in [5, 5.41) is 3.23. The number of carbonyl (C=O) groups excluding carboxylic acids is 1. The fourth-order valence-corrected chi connectivity index (χ4v) is 3.69. The van der Waals surface area contributed by atoms with E-state index in [4.69, 9.17) is 4.74 Å². The molecule has 2 heterocycles. The van der Waals surface area contributed by atoms with Crippen molar-refractivity contribution in [1.82, 2.24) is 14.9 Å². The smallest absolute Gasteiger partial charge is 0.223 e. The van der Waals surface area contributed by atoms with Gasteiger partial charge in [-0.15, -0.1) is 0 Å². The molecule has 4 atom stereocenters. The Bertz CT molecular complexity index is 537. The third-order valence-electron chi connectivity index (χ3n) is 5.17. The molecule has 1 aromatic heterocycles. The molecule has 3 fully saturated rings. The van der Waals surface area contributed by atoms with Gasteiger partial charge in [-0.3, -0.25) is 4.79 Å². The number of carbonyl (C=O) groups is 1. The first-order chi connectivity index (χ1) is 10.3. The summed E-state index contributed by atoms with van der Waals surface area (Å²) >= 11 is 0. The van der Waals surface area contributed by atoms with Crippen LogP contribution in [-0.2, 0) is 16.1 Å². The summed E-state index contributed by atoms with van der Waals surface area (Å²) in [6.45, 7) is 3.67. The lowest BCUT2D eigenvalue weighted by atomic mass is 10.1. The van der Waals surface area contributed by atoms with Gasteiger partial charge in [0.15, 0.2) is 0 Å². The normalized spacial score (nSPS) is 34.9. The Balaban J connectivity index is 1.41. The van der Waals surface area contributed by atoms with Crippen LogP contribution in [0.15, 0.2) is 12.4 Å². The van der Waals surface area contributed by atoms with Crippen molar-refractivity contribution in [2.75, 3.05) is 6.61 Å². The van der Waals surface area contributed by atoms with Crippen LogP contribution in [0.3, 0.4) is 0 Å². The minimum absolute atomic E-state index is 0.0747. The van der Waals surface area contributed by atoms with Crippen molar-refractivity contribution in [3.05, 3.63) is 18.2 Å². The Hall–Kier alpha value is -1.36. The number of amides is 1. The number of nitrogens with one attached hydrogen (secondary N) is 1. The molecule has 1 N–H and O–H groups in total. The summed E-state index contributed by atoms with van der Waals surface area (Å²) in [5.41, 5.74) is 0. The van der Waals surface area contributed by atoms with E-state index >= 15 is 0 Å². The van der Waals surface area contributed by atoms with Crippen LogP contribution < -0.4 is 5.32 Å². The minimum atomic E-state index is -0.0953. The molecular weight excluding hydrogens is 266 g/mol. The second-order valence-corrected chi connectivity index (χ2v) is 6.61. The molecule has 1 aromatic rings. The Labute approximate surface area is 125 Å². The molecule has 1 saturated heterocycles. The van der Waals surface area contributed by atoms with Crippen molar-refractivity contribution >= 4 is 5.91 Å². The predicted octanol–water partition coefficient (Wildman–Crippen LogP) is 1.90. The lowest BCUT2D eigenvalue weighted by Crippen LogP contribution is -2.38. The van der Waals surface area contributed by atoms with Gasteiger partial charge in [0, 0.05) is 31.5 Å². The molecule has 5 heteroatoms. The number of aryl methyl sites for hydroxylation is 1. The summed E-state index contributed by atoms with van der Waals surface area (Å²) in [6, 6.07) is 0.0747. The average Bonchev–Trinajstić information content (AvgIpc) is 3.37. The van der Waals surface area contributed by atoms with Gasteiger partial charge in [-0.05, 0) is 44.4 Å². The molecule has 4 rings (SSSR count). The first kappa shape index (κ1) is 13.3. The maximum absolute atomic E-state index is 12.4. The van der Waals surface area contributed by atoms with E-state index in [1.165, 1.54) is 12.8 Å². The Morgan fingerprint density at radius 1 is 1.48 bits per heavy atom. The standard InChI is InChI=1S/C16H23N3O2/c1-2-19-7-6-17-15(19)14-13(5-8-21-14)18-16(20)12-9-11(12)10-3-4-10/h6-7,10-14H,2-5,8-9H2,1H3,(H,18,20)/t11-,12+,13-,14-/m0/s1. The maximum atomic E-state index is 12.4. The Morgan fingerprint density at radius 3 is 3.10 bits per heavy atom. The zero-order valence-corrected chi connectivity index (χ0v) is 12.5. The van der Waals surface area contributed by atoms with E-state index in [0.29, 0.717) is 12.5 Å². The Kier molecular flexibility index (Phi) is 3.25. The second kappa shape index (κ2) is 5.13. The topological polar surface area (TPSA) is 56.1 Å². The van der Waals surface area contributed by atoms with Gasteiger partial charge in [-0.25, -0.2) is 4.98 Å². The van der Waals surface area contributed by atoms with E-state index in [1.54, 1.807) is 0 Å². The van der Waals surface area contributed by atoms with Crippen LogP contribution in [0.2, 0.25) is 0 Å². The van der Waals surface area contributed by atoms with Gasteiger partial charge in [0.1, 0.15) is 11.9 Å². The van der Waals surface area contributed by atoms with Crippen molar-refractivity contribution < 1.29 is 9.53 Å². The molecule has 114 valence electrons. The highest BCUT2D eigenvalue weighted by Crippen LogP contribution is 2.54. The van der Waals surface area contributed by atoms with Gasteiger partial charge in [0.05, 0.1) is 6.04 Å². The van der Waals surface area contributed by atoms with Crippen LogP contribution in [0.4, 0.5) is 0 Å². The maximum Gasteiger partial charge on any atom is 0.223 e. The number of nitrogens with zero attached hydrogens (tertiary/aromatic N) is 2. The number of imidazole rings is 1. The van der Waals surface area contributed by atoms with Gasteiger partial charge in [-0.2, -0.15) is 0 Å². The largest absolute Gasteiger partial charge is 0.368 e. The van der Waals surface area contributed by atoms with Crippen LogP contribution >= 0.6 is 0 Å². The molecule has 2 saturated carbocycles. The molecule has 1 amide bonds. The van der Waals surface area contributed by atoms with Crippen LogP contribution in [0.5, 0.6) is 0 Å². The number of hydrogen-bond acceptors (Lipinski definition) is 3. The third-order valence-corrected chi connectivity index (χ3v) is 5.17. The van der Waals surface area contributed by atoms with Crippen molar-refractivity contribution in [1.29, 1.82) is 0 Å². The first-order valence-corrected chi connectivity index (χ1v) is 8.21. The molecule has 5 nitrogen and oxygen atoms in total. The number of rotatable bonds is 5. The monoisotopic (exact) mass is 289 g/mol. The summed E-state index contributed by atoms with van der Waals surface area (Å²) < 4.78 is 7.94. The quantitative estimate of drug-likeness (QED) is 0.900. The number of hydrogen-bond donors (Lipinski definition) is 1. The second-order valence-electron chi connectivity index (χ2n) is 6.61. The molecule has 1 aliphatic heterocycles. The summed E-state index contributed by atoms with van der Waals surface area (Å²) in [5.74, 6) is 2.96. The summed E-state index contributed by atoms with van der Waals surface area (Å²) in [4.78, 5) is 16.8. The van der Waals surface area contributed by atoms with E-state index in [9.17, 15) is 4.79 Å². The summed E-state index contributed by atoms with van der Waals surface area (Å²) in [7, 11) is 0. The van der Waals surface area contributed by atoms with Crippen LogP contribution in [0.1, 0.15) is 44.5 Å². The SMILES string of the molecule is CCn1ccnc1[C@H]1OCC[C@@H]1NC(=O)[C@@H]1C[C@H]1C1CC1. The van der Waals surface area contributed by atoms with Gasteiger partial charge in [-0.1, -0.05) is 0 Å². The van der Waals surface area contributed by atoms with Gasteiger partial charge in [0.25, 0.3) is 0 Å². The molecular formula is C16H23N3O2. The fourth-order valence-electron chi connectivity index (χ4n) is 3.69. The van der Waals surface area contributed by atoms with Crippen molar-refractivity contribution in [2.24, 2.45) is 17.8 Å². The molecule has 2 aliphatic carbocycles. The van der Waals surface area contributed by atoms with Crippen LogP contribution in [-0.4, -0.2) is 28.1 Å². The predicted molar refractivity (Wildman–Crippen MR) is 77.5 cm³/mol. The highest BCUT2D eigenvalue weighted by Gasteiger charge is 2.51. The zero-order valence-electron chi connectivity index (χ0n) is 12.5. The minimum Gasteiger partial charge on any atom is -0.368 e. The van der Waals surface area contributed by atoms with E-state index in [-0.39, 0.29) is 24.0 Å². The fraction of sp³-hybridized carbons (Fsp3) is 0.750. The number of ether oxygens (including phenoxy) is 1. The highest BCUT2D eigenvalue weighted by molar-refractivity contribution is 5.82. The van der Waals surface area contributed by atoms with Crippen molar-refractivity contribution in [2.45, 2.75) is 51.3 Å². The Morgan fingerprint density at radius 2 is 2.33 bits per heavy atom. The van der Waals surface area contributed by atoms with E-state index in [2.05, 4.69) is 21.8 Å². The molecule has 0 bridgehead atoms. The van der Waals surface area contributed by atoms with Crippen LogP contribution in [0.25, 0.3) is 0 Å². The molecule has 3 aliphatic rings. The van der Waals surface area contributed by atoms with Crippen molar-refractivity contribution in [3.63, 3.8) is 0 Å². The van der Waals surface area contributed by atoms with E-state index in [0.717, 1.165) is 31.1 Å². The van der Waals surface area contributed by atoms with E-state index in [1.807, 2.05) is 12.4 Å². The van der Waals surface area contributed by atoms with Gasteiger partial charge < -0.3 is 14.6 Å². The molecule has 0 aromatic carbocycles. The highest BCUT2D eigenvalue weighted by atomic mass is 16.5. The summed E-state index contributed by atoms with van der Waals surface area (Å²) in [6.07, 6.45) is 8.33. The van der Waals surface area contributed by atoms with Crippen LogP contribution in [0, 0.1) is 17.8 Å². The lowest BCUT2D eigenvalue weighted by Gasteiger charge is -2.20. The number of aromatic nitrogens is 2. The van der Waals surface area contributed by atoms with E-state index < -0.39 is 0 Å². The molecule has 0 spiro atoms. The molecule has 0 radical (unpaired) electrons. The van der Waals surface area contributed by atoms with Gasteiger partial charge >= 0.3 is 0 Å². The zero-order chi connectivity index (χ0) is 14.4. The molecule has 21 heavy (non-hydrogen) atoms. The van der Waals surface area contributed by atoms with Crippen molar-refractivity contribution in [3.8, 4) is 0 Å².